The second-order valence-corrected chi connectivity index (χ2v) is 12.0. The Morgan fingerprint density at radius 3 is 2.52 bits per heavy atom. The number of ether oxygens (including phenoxy) is 3. The number of rotatable bonds is 10. The summed E-state index contributed by atoms with van der Waals surface area (Å²) >= 11 is 0. The van der Waals surface area contributed by atoms with Crippen molar-refractivity contribution in [3.63, 3.8) is 0 Å². The number of nitrogens with zero attached hydrogens (tertiary/aromatic N) is 3. The summed E-state index contributed by atoms with van der Waals surface area (Å²) in [5.74, 6) is -1.84. The van der Waals surface area contributed by atoms with Gasteiger partial charge in [-0.05, 0) is 49.9 Å². The number of fused-ring (bicyclic) bond motifs is 1. The van der Waals surface area contributed by atoms with E-state index in [0.29, 0.717) is 37.2 Å². The second kappa shape index (κ2) is 12.2. The van der Waals surface area contributed by atoms with Crippen LogP contribution < -0.4 is 30.0 Å². The minimum absolute atomic E-state index is 0.0723. The SMILES string of the molecule is COc1c(N2CCC(O)(COc3ccc(N4C[C@H](CNC(C)=O)OC4=O)cc3F)CC2)ccc2c(=O)c(C(=O)O)cn(C3CC3)c12. The molecule has 1 aliphatic carbocycles. The first-order valence-electron chi connectivity index (χ1n) is 15.1. The molecule has 0 unspecified atom stereocenters. The Morgan fingerprint density at radius 2 is 1.89 bits per heavy atom. The van der Waals surface area contributed by atoms with Crippen LogP contribution in [0.2, 0.25) is 0 Å². The second-order valence-electron chi connectivity index (χ2n) is 12.0. The number of anilines is 2. The highest BCUT2D eigenvalue weighted by molar-refractivity contribution is 5.97. The number of aromatic carboxylic acids is 1. The summed E-state index contributed by atoms with van der Waals surface area (Å²) < 4.78 is 33.6. The molecule has 3 heterocycles. The molecule has 244 valence electrons. The van der Waals surface area contributed by atoms with Crippen molar-refractivity contribution >= 4 is 40.2 Å². The topological polar surface area (TPSA) is 160 Å². The van der Waals surface area contributed by atoms with Crippen LogP contribution in [0.1, 0.15) is 49.0 Å². The van der Waals surface area contributed by atoms with Crippen LogP contribution in [-0.2, 0) is 9.53 Å². The van der Waals surface area contributed by atoms with E-state index in [1.165, 1.54) is 37.3 Å². The maximum atomic E-state index is 15.0. The number of carboxylic acid groups (broad SMARTS) is 1. The molecule has 2 aromatic carbocycles. The number of cyclic esters (lactones) is 1. The van der Waals surface area contributed by atoms with Gasteiger partial charge in [-0.3, -0.25) is 14.5 Å². The summed E-state index contributed by atoms with van der Waals surface area (Å²) in [5, 5.41) is 23.8. The van der Waals surface area contributed by atoms with Gasteiger partial charge in [-0.2, -0.15) is 0 Å². The highest BCUT2D eigenvalue weighted by Crippen LogP contribution is 2.43. The molecule has 2 saturated heterocycles. The van der Waals surface area contributed by atoms with Crippen LogP contribution in [0.3, 0.4) is 0 Å². The first-order valence-corrected chi connectivity index (χ1v) is 15.1. The van der Waals surface area contributed by atoms with E-state index in [1.54, 1.807) is 12.1 Å². The minimum Gasteiger partial charge on any atom is -0.492 e. The molecular formula is C32H35FN4O9. The lowest BCUT2D eigenvalue weighted by Gasteiger charge is -2.39. The van der Waals surface area contributed by atoms with Gasteiger partial charge in [-0.15, -0.1) is 0 Å². The van der Waals surface area contributed by atoms with Crippen LogP contribution in [0, 0.1) is 5.82 Å². The molecule has 1 saturated carbocycles. The first kappa shape index (κ1) is 31.1. The van der Waals surface area contributed by atoms with Gasteiger partial charge in [0.1, 0.15) is 23.9 Å². The van der Waals surface area contributed by atoms with E-state index in [4.69, 9.17) is 14.2 Å². The number of benzene rings is 2. The van der Waals surface area contributed by atoms with Crippen LogP contribution in [0.5, 0.6) is 11.5 Å². The van der Waals surface area contributed by atoms with E-state index < -0.39 is 35.0 Å². The van der Waals surface area contributed by atoms with Gasteiger partial charge in [0.15, 0.2) is 17.3 Å². The van der Waals surface area contributed by atoms with Gasteiger partial charge >= 0.3 is 12.1 Å². The lowest BCUT2D eigenvalue weighted by atomic mass is 9.92. The monoisotopic (exact) mass is 638 g/mol. The molecule has 3 aromatic rings. The third-order valence-electron chi connectivity index (χ3n) is 8.71. The van der Waals surface area contributed by atoms with Crippen molar-refractivity contribution in [3.8, 4) is 11.5 Å². The van der Waals surface area contributed by atoms with Crippen LogP contribution in [0.15, 0.2) is 41.3 Å². The summed E-state index contributed by atoms with van der Waals surface area (Å²) in [6, 6.07) is 7.53. The van der Waals surface area contributed by atoms with Crippen LogP contribution in [-0.4, -0.2) is 84.4 Å². The maximum Gasteiger partial charge on any atom is 0.414 e. The fourth-order valence-electron chi connectivity index (χ4n) is 6.04. The molecule has 6 rings (SSSR count). The molecule has 1 aromatic heterocycles. The molecule has 0 radical (unpaired) electrons. The molecule has 1 atom stereocenters. The number of pyridine rings is 1. The number of amides is 2. The number of aromatic nitrogens is 1. The molecular weight excluding hydrogens is 603 g/mol. The van der Waals surface area contributed by atoms with Crippen molar-refractivity contribution in [2.45, 2.75) is 50.4 Å². The Morgan fingerprint density at radius 1 is 1.15 bits per heavy atom. The molecule has 2 amide bonds. The molecule has 0 spiro atoms. The van der Waals surface area contributed by atoms with Crippen molar-refractivity contribution in [2.24, 2.45) is 0 Å². The van der Waals surface area contributed by atoms with Crippen molar-refractivity contribution in [1.82, 2.24) is 9.88 Å². The predicted molar refractivity (Wildman–Crippen MR) is 165 cm³/mol. The molecule has 46 heavy (non-hydrogen) atoms. The number of carboxylic acids is 1. The van der Waals surface area contributed by atoms with Gasteiger partial charge in [0.05, 0.1) is 42.5 Å². The van der Waals surface area contributed by atoms with Gasteiger partial charge < -0.3 is 39.2 Å². The normalized spacial score (nSPS) is 19.2. The largest absolute Gasteiger partial charge is 0.492 e. The van der Waals surface area contributed by atoms with Crippen LogP contribution in [0.4, 0.5) is 20.6 Å². The third-order valence-corrected chi connectivity index (χ3v) is 8.71. The number of hydrogen-bond donors (Lipinski definition) is 3. The van der Waals surface area contributed by atoms with Crippen LogP contribution in [0.25, 0.3) is 10.9 Å². The van der Waals surface area contributed by atoms with Gasteiger partial charge in [0.25, 0.3) is 0 Å². The zero-order chi connectivity index (χ0) is 32.7. The number of methoxy groups -OCH3 is 1. The summed E-state index contributed by atoms with van der Waals surface area (Å²) in [4.78, 5) is 51.5. The molecule has 2 aliphatic heterocycles. The first-order chi connectivity index (χ1) is 22.0. The fraction of sp³-hybridized carbons (Fsp3) is 0.438. The Balaban J connectivity index is 1.13. The van der Waals surface area contributed by atoms with Crippen molar-refractivity contribution in [2.75, 3.05) is 49.7 Å². The predicted octanol–water partition coefficient (Wildman–Crippen LogP) is 3.05. The standard InChI is InChI=1S/C32H35FN4O9/c1-18(38)34-14-21-15-37(31(42)46-21)20-5-8-26(24(33)13-20)45-17-32(43)9-11-35(12-10-32)25-7-6-22-27(29(25)44-2)36(19-3-4-19)16-23(28(22)39)30(40)41/h5-8,13,16,19,21,43H,3-4,9-12,14-15,17H2,1-2H3,(H,34,38)(H,40,41)/t21-/m0/s1. The van der Waals surface area contributed by atoms with E-state index in [-0.39, 0.29) is 54.0 Å². The number of hydrogen-bond acceptors (Lipinski definition) is 9. The average molecular weight is 639 g/mol. The minimum atomic E-state index is -1.28. The number of nitrogens with one attached hydrogen (secondary N) is 1. The third kappa shape index (κ3) is 6.04. The lowest BCUT2D eigenvalue weighted by Crippen LogP contribution is -2.48. The molecule has 13 nitrogen and oxygen atoms in total. The van der Waals surface area contributed by atoms with E-state index in [9.17, 15) is 29.4 Å². The smallest absolute Gasteiger partial charge is 0.414 e. The zero-order valence-corrected chi connectivity index (χ0v) is 25.5. The zero-order valence-electron chi connectivity index (χ0n) is 25.5. The van der Waals surface area contributed by atoms with Gasteiger partial charge in [0.2, 0.25) is 11.3 Å². The number of halogens is 1. The highest BCUT2D eigenvalue weighted by atomic mass is 19.1. The summed E-state index contributed by atoms with van der Waals surface area (Å²) in [5.41, 5.74) is -0.547. The molecule has 0 bridgehead atoms. The molecule has 3 fully saturated rings. The fourth-order valence-corrected chi connectivity index (χ4v) is 6.04. The van der Waals surface area contributed by atoms with Crippen molar-refractivity contribution in [3.05, 3.63) is 58.1 Å². The van der Waals surface area contributed by atoms with E-state index in [0.717, 1.165) is 24.6 Å². The number of aliphatic hydroxyl groups is 1. The average Bonchev–Trinajstić information content (AvgIpc) is 3.80. The van der Waals surface area contributed by atoms with Crippen LogP contribution >= 0.6 is 0 Å². The summed E-state index contributed by atoms with van der Waals surface area (Å²) in [6.45, 7) is 2.34. The molecule has 3 aliphatic rings. The van der Waals surface area contributed by atoms with Crippen molar-refractivity contribution in [1.29, 1.82) is 0 Å². The summed E-state index contributed by atoms with van der Waals surface area (Å²) in [7, 11) is 1.51. The Labute approximate surface area is 263 Å². The quantitative estimate of drug-likeness (QED) is 0.301. The number of carbonyl (C=O) groups excluding carboxylic acids is 2. The van der Waals surface area contributed by atoms with Crippen molar-refractivity contribution < 1.29 is 43.2 Å². The lowest BCUT2D eigenvalue weighted by molar-refractivity contribution is -0.119. The maximum absolute atomic E-state index is 15.0. The Hall–Kier alpha value is -4.85. The molecule has 14 heteroatoms. The van der Waals surface area contributed by atoms with Gasteiger partial charge in [-0.25, -0.2) is 14.0 Å². The van der Waals surface area contributed by atoms with Gasteiger partial charge in [0, 0.05) is 38.3 Å². The summed E-state index contributed by atoms with van der Waals surface area (Å²) in [6.07, 6.45) is 2.54. The van der Waals surface area contributed by atoms with E-state index in [1.807, 2.05) is 9.47 Å². The van der Waals surface area contributed by atoms with E-state index in [2.05, 4.69) is 5.32 Å². The molecule has 3 N–H and O–H groups in total. The Kier molecular flexibility index (Phi) is 8.23. The van der Waals surface area contributed by atoms with Gasteiger partial charge in [-0.1, -0.05) is 0 Å². The highest BCUT2D eigenvalue weighted by Gasteiger charge is 2.36. The number of carbonyl (C=O) groups is 3. The number of piperidine rings is 1. The van der Waals surface area contributed by atoms with E-state index >= 15 is 4.39 Å². The Bertz CT molecular complexity index is 1760.